The number of amides is 1. The van der Waals surface area contributed by atoms with E-state index in [2.05, 4.69) is 39.0 Å². The van der Waals surface area contributed by atoms with E-state index in [1.54, 1.807) is 0 Å². The number of benzene rings is 1. The largest absolute Gasteiger partial charge is 0.466 e. The van der Waals surface area contributed by atoms with Crippen molar-refractivity contribution in [3.05, 3.63) is 51.8 Å². The number of ether oxygens (including phenoxy) is 1. The molecule has 1 saturated heterocycles. The van der Waals surface area contributed by atoms with Crippen molar-refractivity contribution in [2.75, 3.05) is 19.7 Å². The molecule has 7 nitrogen and oxygen atoms in total. The third-order valence-electron chi connectivity index (χ3n) is 7.37. The minimum atomic E-state index is -0.137. The fraction of sp³-hybridized carbons (Fsp3) is 0.500. The molecular formula is C28H36N4O3. The summed E-state index contributed by atoms with van der Waals surface area (Å²) in [5, 5.41) is 5.88. The molecule has 3 aromatic rings. The summed E-state index contributed by atoms with van der Waals surface area (Å²) in [7, 11) is 0. The van der Waals surface area contributed by atoms with Gasteiger partial charge in [-0.15, -0.1) is 0 Å². The molecule has 35 heavy (non-hydrogen) atoms. The molecule has 1 fully saturated rings. The van der Waals surface area contributed by atoms with Gasteiger partial charge in [0, 0.05) is 30.6 Å². The van der Waals surface area contributed by atoms with Crippen LogP contribution in [-0.4, -0.2) is 51.2 Å². The quantitative estimate of drug-likeness (QED) is 0.482. The van der Waals surface area contributed by atoms with E-state index in [4.69, 9.17) is 14.8 Å². The molecule has 1 aromatic carbocycles. The highest BCUT2D eigenvalue weighted by atomic mass is 16.5. The van der Waals surface area contributed by atoms with E-state index >= 15 is 0 Å². The molecule has 0 unspecified atom stereocenters. The van der Waals surface area contributed by atoms with Gasteiger partial charge < -0.3 is 9.64 Å². The van der Waals surface area contributed by atoms with Crippen molar-refractivity contribution in [3.63, 3.8) is 0 Å². The van der Waals surface area contributed by atoms with Gasteiger partial charge in [0.25, 0.3) is 0 Å². The van der Waals surface area contributed by atoms with Gasteiger partial charge in [0.05, 0.1) is 23.9 Å². The molecule has 1 aliphatic heterocycles. The first-order valence-electron chi connectivity index (χ1n) is 12.6. The maximum absolute atomic E-state index is 12.9. The Morgan fingerprint density at radius 1 is 1.03 bits per heavy atom. The molecule has 0 aliphatic carbocycles. The van der Waals surface area contributed by atoms with E-state index < -0.39 is 0 Å². The number of hydrogen-bond acceptors (Lipinski definition) is 5. The maximum atomic E-state index is 12.9. The van der Waals surface area contributed by atoms with E-state index in [1.807, 2.05) is 30.4 Å². The van der Waals surface area contributed by atoms with Crippen molar-refractivity contribution in [1.29, 1.82) is 0 Å². The molecule has 186 valence electrons. The Morgan fingerprint density at radius 3 is 2.40 bits per heavy atom. The van der Waals surface area contributed by atoms with Crippen LogP contribution >= 0.6 is 0 Å². The predicted octanol–water partition coefficient (Wildman–Crippen LogP) is 4.70. The topological polar surface area (TPSA) is 77.3 Å². The fourth-order valence-electron chi connectivity index (χ4n) is 5.13. The van der Waals surface area contributed by atoms with Crippen LogP contribution in [0.2, 0.25) is 0 Å². The minimum absolute atomic E-state index is 0.0908. The third-order valence-corrected chi connectivity index (χ3v) is 7.37. The zero-order valence-corrected chi connectivity index (χ0v) is 21.8. The molecule has 1 aliphatic rings. The van der Waals surface area contributed by atoms with Gasteiger partial charge in [0.2, 0.25) is 5.91 Å². The van der Waals surface area contributed by atoms with E-state index in [0.717, 1.165) is 39.2 Å². The van der Waals surface area contributed by atoms with Crippen LogP contribution in [0.1, 0.15) is 59.8 Å². The number of rotatable bonds is 6. The zero-order chi connectivity index (χ0) is 25.3. The van der Waals surface area contributed by atoms with Gasteiger partial charge in [-0.25, -0.2) is 9.67 Å². The van der Waals surface area contributed by atoms with Gasteiger partial charge in [0.15, 0.2) is 5.65 Å². The summed E-state index contributed by atoms with van der Waals surface area (Å²) in [6, 6.07) is 6.34. The van der Waals surface area contributed by atoms with Gasteiger partial charge in [-0.1, -0.05) is 6.07 Å². The highest BCUT2D eigenvalue weighted by molar-refractivity contribution is 5.85. The van der Waals surface area contributed by atoms with Gasteiger partial charge in [0.1, 0.15) is 0 Å². The molecular weight excluding hydrogens is 440 g/mol. The summed E-state index contributed by atoms with van der Waals surface area (Å²) < 4.78 is 7.07. The molecule has 3 heterocycles. The third kappa shape index (κ3) is 4.95. The lowest BCUT2D eigenvalue weighted by Crippen LogP contribution is -2.40. The van der Waals surface area contributed by atoms with Crippen LogP contribution in [0.25, 0.3) is 16.7 Å². The van der Waals surface area contributed by atoms with Gasteiger partial charge >= 0.3 is 5.97 Å². The van der Waals surface area contributed by atoms with E-state index in [-0.39, 0.29) is 17.8 Å². The first-order chi connectivity index (χ1) is 16.7. The van der Waals surface area contributed by atoms with Crippen molar-refractivity contribution in [3.8, 4) is 5.69 Å². The number of piperidine rings is 1. The standard InChI is InChI=1S/C28H36N4O3/c1-7-35-28(34)22-12-14-31(15-13-22)25(33)11-10-24-19(4)26-21(6)30-32(27(26)29-20(24)5)23-9-8-17(2)18(3)16-23/h8-9,16,22H,7,10-15H2,1-6H3. The van der Waals surface area contributed by atoms with Gasteiger partial charge in [-0.05, 0) is 95.2 Å². The molecule has 0 radical (unpaired) electrons. The lowest BCUT2D eigenvalue weighted by atomic mass is 9.96. The van der Waals surface area contributed by atoms with Crippen LogP contribution in [0.4, 0.5) is 0 Å². The highest BCUT2D eigenvalue weighted by Gasteiger charge is 2.28. The van der Waals surface area contributed by atoms with Crippen LogP contribution in [0.15, 0.2) is 18.2 Å². The van der Waals surface area contributed by atoms with E-state index in [9.17, 15) is 9.59 Å². The molecule has 0 atom stereocenters. The van der Waals surface area contributed by atoms with Crippen LogP contribution in [0, 0.1) is 40.5 Å². The second-order valence-corrected chi connectivity index (χ2v) is 9.67. The summed E-state index contributed by atoms with van der Waals surface area (Å²) in [5.74, 6) is -0.0948. The SMILES string of the molecule is CCOC(=O)C1CCN(C(=O)CCc2c(C)nc3c(c(C)nn3-c3ccc(C)c(C)c3)c2C)CC1. The Hall–Kier alpha value is -3.22. The molecule has 7 heteroatoms. The Balaban J connectivity index is 1.51. The average molecular weight is 477 g/mol. The summed E-state index contributed by atoms with van der Waals surface area (Å²) in [5.41, 5.74) is 8.48. The lowest BCUT2D eigenvalue weighted by Gasteiger charge is -2.31. The lowest BCUT2D eigenvalue weighted by molar-refractivity contribution is -0.151. The van der Waals surface area contributed by atoms with Crippen molar-refractivity contribution in [2.24, 2.45) is 5.92 Å². The maximum Gasteiger partial charge on any atom is 0.309 e. The van der Waals surface area contributed by atoms with Crippen molar-refractivity contribution in [2.45, 2.75) is 67.2 Å². The number of aromatic nitrogens is 3. The number of carbonyl (C=O) groups is 2. The van der Waals surface area contributed by atoms with Crippen LogP contribution in [-0.2, 0) is 20.7 Å². The average Bonchev–Trinajstić information content (AvgIpc) is 3.16. The number of likely N-dealkylation sites (tertiary alicyclic amines) is 1. The molecule has 4 rings (SSSR count). The number of fused-ring (bicyclic) bond motifs is 1. The number of carbonyl (C=O) groups excluding carboxylic acids is 2. The fourth-order valence-corrected chi connectivity index (χ4v) is 5.13. The Bertz CT molecular complexity index is 1270. The van der Waals surface area contributed by atoms with Gasteiger partial charge in [-0.3, -0.25) is 9.59 Å². The van der Waals surface area contributed by atoms with Crippen molar-refractivity contribution < 1.29 is 14.3 Å². The van der Waals surface area contributed by atoms with Crippen molar-refractivity contribution >= 4 is 22.9 Å². The number of nitrogens with zero attached hydrogens (tertiary/aromatic N) is 4. The molecule has 0 spiro atoms. The Morgan fingerprint density at radius 2 is 1.74 bits per heavy atom. The van der Waals surface area contributed by atoms with E-state index in [0.29, 0.717) is 45.4 Å². The normalized spacial score (nSPS) is 14.5. The summed E-state index contributed by atoms with van der Waals surface area (Å²) in [6.07, 6.45) is 2.43. The second kappa shape index (κ2) is 10.2. The highest BCUT2D eigenvalue weighted by Crippen LogP contribution is 2.29. The van der Waals surface area contributed by atoms with Crippen LogP contribution in [0.5, 0.6) is 0 Å². The van der Waals surface area contributed by atoms with Gasteiger partial charge in [-0.2, -0.15) is 5.10 Å². The molecule has 1 amide bonds. The second-order valence-electron chi connectivity index (χ2n) is 9.67. The Kier molecular flexibility index (Phi) is 7.24. The molecule has 0 saturated carbocycles. The zero-order valence-electron chi connectivity index (χ0n) is 21.8. The number of pyridine rings is 1. The predicted molar refractivity (Wildman–Crippen MR) is 137 cm³/mol. The smallest absolute Gasteiger partial charge is 0.309 e. The number of hydrogen-bond donors (Lipinski definition) is 0. The molecule has 0 N–H and O–H groups in total. The summed E-state index contributed by atoms with van der Waals surface area (Å²) in [6.45, 7) is 13.8. The molecule has 2 aromatic heterocycles. The molecule has 0 bridgehead atoms. The first kappa shape index (κ1) is 24.9. The number of esters is 1. The monoisotopic (exact) mass is 476 g/mol. The van der Waals surface area contributed by atoms with Crippen LogP contribution in [0.3, 0.4) is 0 Å². The number of aryl methyl sites for hydroxylation is 5. The van der Waals surface area contributed by atoms with Crippen molar-refractivity contribution in [1.82, 2.24) is 19.7 Å². The first-order valence-corrected chi connectivity index (χ1v) is 12.6. The Labute approximate surface area is 207 Å². The van der Waals surface area contributed by atoms with Crippen LogP contribution < -0.4 is 0 Å². The van der Waals surface area contributed by atoms with E-state index in [1.165, 1.54) is 11.1 Å². The summed E-state index contributed by atoms with van der Waals surface area (Å²) in [4.78, 5) is 31.8. The summed E-state index contributed by atoms with van der Waals surface area (Å²) >= 11 is 0. The minimum Gasteiger partial charge on any atom is -0.466 e.